The Labute approximate surface area is 100 Å². The second kappa shape index (κ2) is 4.03. The molecule has 1 heterocycles. The van der Waals surface area contributed by atoms with E-state index in [4.69, 9.17) is 11.5 Å². The van der Waals surface area contributed by atoms with Crippen molar-refractivity contribution in [3.63, 3.8) is 0 Å². The monoisotopic (exact) mass is 237 g/mol. The minimum atomic E-state index is -0.460. The van der Waals surface area contributed by atoms with Crippen molar-refractivity contribution in [2.24, 2.45) is 18.5 Å². The van der Waals surface area contributed by atoms with Gasteiger partial charge in [0.1, 0.15) is 11.4 Å². The SMILES string of the molecule is Cc1nn(C)c(NCC2(N)CCC2)c1C(N)=O. The molecule has 1 fully saturated rings. The van der Waals surface area contributed by atoms with Gasteiger partial charge in [-0.05, 0) is 26.2 Å². The Morgan fingerprint density at radius 3 is 2.71 bits per heavy atom. The van der Waals surface area contributed by atoms with Gasteiger partial charge in [0.2, 0.25) is 0 Å². The van der Waals surface area contributed by atoms with Gasteiger partial charge in [0.05, 0.1) is 5.69 Å². The summed E-state index contributed by atoms with van der Waals surface area (Å²) in [6, 6.07) is 0. The molecule has 0 bridgehead atoms. The van der Waals surface area contributed by atoms with Crippen molar-refractivity contribution in [2.75, 3.05) is 11.9 Å². The maximum atomic E-state index is 11.4. The number of hydrogen-bond acceptors (Lipinski definition) is 4. The third kappa shape index (κ3) is 2.12. The number of primary amides is 1. The number of rotatable bonds is 4. The first-order valence-electron chi connectivity index (χ1n) is 5.79. The lowest BCUT2D eigenvalue weighted by Gasteiger charge is -2.38. The lowest BCUT2D eigenvalue weighted by Crippen LogP contribution is -2.52. The molecule has 1 aliphatic carbocycles. The van der Waals surface area contributed by atoms with Crippen molar-refractivity contribution in [3.05, 3.63) is 11.3 Å². The highest BCUT2D eigenvalue weighted by molar-refractivity contribution is 5.98. The molecule has 5 N–H and O–H groups in total. The predicted octanol–water partition coefficient (Wildman–Crippen LogP) is 0.121. The highest BCUT2D eigenvalue weighted by atomic mass is 16.1. The minimum absolute atomic E-state index is 0.146. The van der Waals surface area contributed by atoms with Gasteiger partial charge in [-0.3, -0.25) is 9.48 Å². The van der Waals surface area contributed by atoms with Gasteiger partial charge in [-0.15, -0.1) is 0 Å². The van der Waals surface area contributed by atoms with Crippen molar-refractivity contribution in [2.45, 2.75) is 31.7 Å². The molecule has 94 valence electrons. The summed E-state index contributed by atoms with van der Waals surface area (Å²) >= 11 is 0. The number of nitrogens with one attached hydrogen (secondary N) is 1. The second-order valence-corrected chi connectivity index (χ2v) is 4.87. The number of aryl methyl sites for hydroxylation is 2. The first-order valence-corrected chi connectivity index (χ1v) is 5.79. The first-order chi connectivity index (χ1) is 7.93. The summed E-state index contributed by atoms with van der Waals surface area (Å²) in [4.78, 5) is 11.4. The number of aromatic nitrogens is 2. The van der Waals surface area contributed by atoms with Gasteiger partial charge in [0, 0.05) is 19.1 Å². The summed E-state index contributed by atoms with van der Waals surface area (Å²) in [7, 11) is 1.78. The van der Waals surface area contributed by atoms with Gasteiger partial charge in [-0.1, -0.05) is 0 Å². The lowest BCUT2D eigenvalue weighted by molar-refractivity contribution is 0.100. The Balaban J connectivity index is 2.17. The van der Waals surface area contributed by atoms with Crippen molar-refractivity contribution in [1.82, 2.24) is 9.78 Å². The van der Waals surface area contributed by atoms with Crippen LogP contribution in [0.1, 0.15) is 35.3 Å². The molecule has 1 aromatic heterocycles. The van der Waals surface area contributed by atoms with E-state index in [0.717, 1.165) is 12.8 Å². The van der Waals surface area contributed by atoms with E-state index >= 15 is 0 Å². The number of nitrogens with two attached hydrogens (primary N) is 2. The normalized spacial score (nSPS) is 17.6. The summed E-state index contributed by atoms with van der Waals surface area (Å²) in [5.41, 5.74) is 12.4. The fourth-order valence-corrected chi connectivity index (χ4v) is 2.22. The molecule has 17 heavy (non-hydrogen) atoms. The molecule has 0 saturated heterocycles. The van der Waals surface area contributed by atoms with Crippen LogP contribution in [0.5, 0.6) is 0 Å². The van der Waals surface area contributed by atoms with Gasteiger partial charge >= 0.3 is 0 Å². The molecule has 0 radical (unpaired) electrons. The molecule has 2 rings (SSSR count). The van der Waals surface area contributed by atoms with Crippen LogP contribution in [-0.2, 0) is 7.05 Å². The van der Waals surface area contributed by atoms with E-state index in [1.165, 1.54) is 6.42 Å². The van der Waals surface area contributed by atoms with Crippen LogP contribution in [-0.4, -0.2) is 27.8 Å². The van der Waals surface area contributed by atoms with E-state index in [-0.39, 0.29) is 5.54 Å². The topological polar surface area (TPSA) is 99.0 Å². The Bertz CT molecular complexity index is 447. The molecule has 0 atom stereocenters. The highest BCUT2D eigenvalue weighted by Crippen LogP contribution is 2.29. The molecular weight excluding hydrogens is 218 g/mol. The highest BCUT2D eigenvalue weighted by Gasteiger charge is 2.33. The molecule has 6 nitrogen and oxygen atoms in total. The molecule has 0 unspecified atom stereocenters. The summed E-state index contributed by atoms with van der Waals surface area (Å²) in [5.74, 6) is 0.199. The van der Waals surface area contributed by atoms with Crippen molar-refractivity contribution in [3.8, 4) is 0 Å². The van der Waals surface area contributed by atoms with Crippen LogP contribution in [0.25, 0.3) is 0 Å². The van der Waals surface area contributed by atoms with Crippen LogP contribution in [0, 0.1) is 6.92 Å². The Hall–Kier alpha value is -1.56. The molecule has 1 saturated carbocycles. The Kier molecular flexibility index (Phi) is 2.82. The summed E-state index contributed by atoms with van der Waals surface area (Å²) in [6.45, 7) is 2.42. The standard InChI is InChI=1S/C11H19N5O/c1-7-8(9(12)17)10(16(2)15-7)14-6-11(13)4-3-5-11/h14H,3-6,13H2,1-2H3,(H2,12,17). The number of anilines is 1. The summed E-state index contributed by atoms with van der Waals surface area (Å²) < 4.78 is 1.64. The lowest BCUT2D eigenvalue weighted by atomic mass is 9.78. The predicted molar refractivity (Wildman–Crippen MR) is 65.7 cm³/mol. The molecular formula is C11H19N5O. The average molecular weight is 237 g/mol. The second-order valence-electron chi connectivity index (χ2n) is 4.87. The van der Waals surface area contributed by atoms with Gasteiger partial charge in [0.25, 0.3) is 5.91 Å². The minimum Gasteiger partial charge on any atom is -0.368 e. The van der Waals surface area contributed by atoms with E-state index in [0.29, 0.717) is 23.6 Å². The van der Waals surface area contributed by atoms with Gasteiger partial charge in [0.15, 0.2) is 0 Å². The number of hydrogen-bond donors (Lipinski definition) is 3. The van der Waals surface area contributed by atoms with Crippen LogP contribution in [0.15, 0.2) is 0 Å². The maximum Gasteiger partial charge on any atom is 0.254 e. The van der Waals surface area contributed by atoms with E-state index in [1.807, 2.05) is 0 Å². The third-order valence-electron chi connectivity index (χ3n) is 3.43. The van der Waals surface area contributed by atoms with E-state index in [1.54, 1.807) is 18.7 Å². The van der Waals surface area contributed by atoms with Crippen LogP contribution in [0.2, 0.25) is 0 Å². The number of carbonyl (C=O) groups excluding carboxylic acids is 1. The van der Waals surface area contributed by atoms with Crippen molar-refractivity contribution in [1.29, 1.82) is 0 Å². The molecule has 1 aliphatic rings. The number of carbonyl (C=O) groups is 1. The zero-order valence-corrected chi connectivity index (χ0v) is 10.3. The van der Waals surface area contributed by atoms with Crippen molar-refractivity contribution >= 4 is 11.7 Å². The average Bonchev–Trinajstić information content (AvgIpc) is 2.47. The molecule has 6 heteroatoms. The summed E-state index contributed by atoms with van der Waals surface area (Å²) in [6.07, 6.45) is 3.21. The zero-order chi connectivity index (χ0) is 12.6. The summed E-state index contributed by atoms with van der Waals surface area (Å²) in [5, 5.41) is 7.39. The third-order valence-corrected chi connectivity index (χ3v) is 3.43. The Morgan fingerprint density at radius 2 is 2.24 bits per heavy atom. The van der Waals surface area contributed by atoms with Crippen LogP contribution < -0.4 is 16.8 Å². The molecule has 0 aromatic carbocycles. The quantitative estimate of drug-likeness (QED) is 0.692. The van der Waals surface area contributed by atoms with E-state index in [2.05, 4.69) is 10.4 Å². The Morgan fingerprint density at radius 1 is 1.59 bits per heavy atom. The largest absolute Gasteiger partial charge is 0.368 e. The fraction of sp³-hybridized carbons (Fsp3) is 0.636. The fourth-order valence-electron chi connectivity index (χ4n) is 2.22. The smallest absolute Gasteiger partial charge is 0.254 e. The van der Waals surface area contributed by atoms with Gasteiger partial charge in [-0.2, -0.15) is 5.10 Å². The molecule has 1 aromatic rings. The zero-order valence-electron chi connectivity index (χ0n) is 10.3. The molecule has 0 spiro atoms. The van der Waals surface area contributed by atoms with Crippen LogP contribution >= 0.6 is 0 Å². The number of amides is 1. The van der Waals surface area contributed by atoms with Crippen LogP contribution in [0.3, 0.4) is 0 Å². The van der Waals surface area contributed by atoms with E-state index in [9.17, 15) is 4.79 Å². The van der Waals surface area contributed by atoms with Crippen LogP contribution in [0.4, 0.5) is 5.82 Å². The number of nitrogens with zero attached hydrogens (tertiary/aromatic N) is 2. The molecule has 0 aliphatic heterocycles. The van der Waals surface area contributed by atoms with Crippen molar-refractivity contribution < 1.29 is 4.79 Å². The molecule has 1 amide bonds. The van der Waals surface area contributed by atoms with E-state index < -0.39 is 5.91 Å². The van der Waals surface area contributed by atoms with Gasteiger partial charge < -0.3 is 16.8 Å². The van der Waals surface area contributed by atoms with Gasteiger partial charge in [-0.25, -0.2) is 0 Å². The maximum absolute atomic E-state index is 11.4. The first kappa shape index (κ1) is 11.9.